The lowest BCUT2D eigenvalue weighted by Crippen LogP contribution is -2.27. The van der Waals surface area contributed by atoms with E-state index < -0.39 is 0 Å². The molecule has 0 aliphatic heterocycles. The van der Waals surface area contributed by atoms with Gasteiger partial charge in [-0.15, -0.1) is 0 Å². The summed E-state index contributed by atoms with van der Waals surface area (Å²) in [5.41, 5.74) is 1.19. The summed E-state index contributed by atoms with van der Waals surface area (Å²) in [6.45, 7) is 8.90. The Hall–Kier alpha value is -0.340. The highest BCUT2D eigenvalue weighted by Gasteiger charge is 1.88. The van der Waals surface area contributed by atoms with Crippen LogP contribution in [0.4, 0.5) is 0 Å². The van der Waals surface area contributed by atoms with Gasteiger partial charge in [-0.2, -0.15) is 0 Å². The van der Waals surface area contributed by atoms with Gasteiger partial charge in [-0.25, -0.2) is 0 Å². The van der Waals surface area contributed by atoms with Crippen molar-refractivity contribution < 1.29 is 0 Å². The summed E-state index contributed by atoms with van der Waals surface area (Å²) in [7, 11) is 4.14. The Morgan fingerprint density at radius 3 is 2.50 bits per heavy atom. The minimum atomic E-state index is 0.938. The second-order valence-corrected chi connectivity index (χ2v) is 2.94. The molecule has 60 valence electrons. The van der Waals surface area contributed by atoms with Gasteiger partial charge >= 0.3 is 0 Å². The van der Waals surface area contributed by atoms with E-state index in [1.54, 1.807) is 0 Å². The minimum Gasteiger partial charge on any atom is -0.312 e. The fraction of sp³-hybridized carbons (Fsp3) is 0.750. The summed E-state index contributed by atoms with van der Waals surface area (Å²) in [6.07, 6.45) is 0. The lowest BCUT2D eigenvalue weighted by atomic mass is 10.3. The molecule has 0 bridgehead atoms. The second kappa shape index (κ2) is 5.45. The fourth-order valence-corrected chi connectivity index (χ4v) is 0.604. The van der Waals surface area contributed by atoms with Crippen LogP contribution in [0.15, 0.2) is 12.2 Å². The molecule has 2 nitrogen and oxygen atoms in total. The molecule has 0 spiro atoms. The molecule has 0 unspecified atom stereocenters. The molecule has 0 radical (unpaired) electrons. The molecule has 0 amide bonds. The molecular formula is C8H18N2. The molecule has 0 aliphatic carbocycles. The standard InChI is InChI=1S/C8H18N2/c1-8(2)7-9-5-6-10(3)4/h9H,1,5-7H2,2-4H3. The predicted octanol–water partition coefficient (Wildman–Crippen LogP) is 0.714. The van der Waals surface area contributed by atoms with Gasteiger partial charge in [-0.1, -0.05) is 12.2 Å². The highest BCUT2D eigenvalue weighted by molar-refractivity contribution is 4.90. The maximum absolute atomic E-state index is 3.80. The molecule has 0 aromatic heterocycles. The van der Waals surface area contributed by atoms with Gasteiger partial charge in [0.1, 0.15) is 0 Å². The van der Waals surface area contributed by atoms with Gasteiger partial charge in [0.2, 0.25) is 0 Å². The first-order valence-corrected chi connectivity index (χ1v) is 3.62. The molecule has 1 N–H and O–H groups in total. The van der Waals surface area contributed by atoms with Crippen LogP contribution in [-0.2, 0) is 0 Å². The maximum atomic E-state index is 3.80. The topological polar surface area (TPSA) is 15.3 Å². The smallest absolute Gasteiger partial charge is 0.0159 e. The number of rotatable bonds is 5. The number of hydrogen-bond acceptors (Lipinski definition) is 2. The lowest BCUT2D eigenvalue weighted by molar-refractivity contribution is 0.403. The second-order valence-electron chi connectivity index (χ2n) is 2.94. The molecule has 0 aromatic rings. The lowest BCUT2D eigenvalue weighted by Gasteiger charge is -2.09. The van der Waals surface area contributed by atoms with Crippen LogP contribution in [0.5, 0.6) is 0 Å². The molecule has 0 saturated carbocycles. The van der Waals surface area contributed by atoms with Gasteiger partial charge in [0, 0.05) is 19.6 Å². The number of nitrogens with zero attached hydrogens (tertiary/aromatic N) is 1. The molecule has 10 heavy (non-hydrogen) atoms. The van der Waals surface area contributed by atoms with E-state index in [2.05, 4.69) is 30.9 Å². The van der Waals surface area contributed by atoms with E-state index in [4.69, 9.17) is 0 Å². The van der Waals surface area contributed by atoms with Gasteiger partial charge in [-0.3, -0.25) is 0 Å². The Kier molecular flexibility index (Phi) is 5.26. The fourth-order valence-electron chi connectivity index (χ4n) is 0.604. The molecule has 2 heteroatoms. The van der Waals surface area contributed by atoms with Crippen LogP contribution in [0.1, 0.15) is 6.92 Å². The third-order valence-electron chi connectivity index (χ3n) is 1.16. The van der Waals surface area contributed by atoms with Crippen LogP contribution in [0.3, 0.4) is 0 Å². The van der Waals surface area contributed by atoms with Gasteiger partial charge < -0.3 is 10.2 Å². The average Bonchev–Trinajstić information content (AvgIpc) is 1.79. The van der Waals surface area contributed by atoms with Crippen molar-refractivity contribution in [3.05, 3.63) is 12.2 Å². The molecule has 0 heterocycles. The first-order valence-electron chi connectivity index (χ1n) is 3.62. The van der Waals surface area contributed by atoms with Crippen molar-refractivity contribution in [2.75, 3.05) is 33.7 Å². The van der Waals surface area contributed by atoms with E-state index in [0.29, 0.717) is 0 Å². The van der Waals surface area contributed by atoms with Gasteiger partial charge in [0.05, 0.1) is 0 Å². The van der Waals surface area contributed by atoms with Crippen LogP contribution in [0.25, 0.3) is 0 Å². The molecular weight excluding hydrogens is 124 g/mol. The zero-order chi connectivity index (χ0) is 7.98. The molecule has 0 aromatic carbocycles. The summed E-state index contributed by atoms with van der Waals surface area (Å²) in [5.74, 6) is 0. The van der Waals surface area contributed by atoms with E-state index in [-0.39, 0.29) is 0 Å². The van der Waals surface area contributed by atoms with E-state index >= 15 is 0 Å². The third kappa shape index (κ3) is 7.66. The van der Waals surface area contributed by atoms with E-state index in [0.717, 1.165) is 19.6 Å². The van der Waals surface area contributed by atoms with Gasteiger partial charge in [0.25, 0.3) is 0 Å². The molecule has 0 atom stereocenters. The highest BCUT2D eigenvalue weighted by atomic mass is 15.1. The zero-order valence-electron chi connectivity index (χ0n) is 7.28. The van der Waals surface area contributed by atoms with Crippen molar-refractivity contribution in [3.8, 4) is 0 Å². The first-order chi connectivity index (χ1) is 4.63. The normalized spacial score (nSPS) is 10.4. The Morgan fingerprint density at radius 1 is 1.50 bits per heavy atom. The van der Waals surface area contributed by atoms with Crippen molar-refractivity contribution in [2.45, 2.75) is 6.92 Å². The summed E-state index contributed by atoms with van der Waals surface area (Å²) >= 11 is 0. The summed E-state index contributed by atoms with van der Waals surface area (Å²) in [6, 6.07) is 0. The van der Waals surface area contributed by atoms with Crippen LogP contribution < -0.4 is 5.32 Å². The molecule has 0 rings (SSSR count). The summed E-state index contributed by atoms with van der Waals surface area (Å²) < 4.78 is 0. The number of nitrogens with one attached hydrogen (secondary N) is 1. The van der Waals surface area contributed by atoms with Gasteiger partial charge in [0.15, 0.2) is 0 Å². The Morgan fingerprint density at radius 2 is 2.10 bits per heavy atom. The zero-order valence-corrected chi connectivity index (χ0v) is 7.28. The van der Waals surface area contributed by atoms with Gasteiger partial charge in [-0.05, 0) is 21.0 Å². The third-order valence-corrected chi connectivity index (χ3v) is 1.16. The van der Waals surface area contributed by atoms with Crippen molar-refractivity contribution in [1.82, 2.24) is 10.2 Å². The minimum absolute atomic E-state index is 0.938. The summed E-state index contributed by atoms with van der Waals surface area (Å²) in [5, 5.41) is 3.27. The van der Waals surface area contributed by atoms with E-state index in [9.17, 15) is 0 Å². The van der Waals surface area contributed by atoms with Crippen LogP contribution in [-0.4, -0.2) is 38.6 Å². The highest BCUT2D eigenvalue weighted by Crippen LogP contribution is 1.80. The predicted molar refractivity (Wildman–Crippen MR) is 46.2 cm³/mol. The van der Waals surface area contributed by atoms with Crippen LogP contribution in [0.2, 0.25) is 0 Å². The van der Waals surface area contributed by atoms with Crippen molar-refractivity contribution in [3.63, 3.8) is 0 Å². The molecule has 0 saturated heterocycles. The Bertz CT molecular complexity index is 97.4. The Balaban J connectivity index is 2.98. The maximum Gasteiger partial charge on any atom is 0.0159 e. The number of likely N-dealkylation sites (N-methyl/N-ethyl adjacent to an activating group) is 1. The van der Waals surface area contributed by atoms with Crippen molar-refractivity contribution >= 4 is 0 Å². The number of hydrogen-bond donors (Lipinski definition) is 1. The Labute approximate surface area is 63.9 Å². The largest absolute Gasteiger partial charge is 0.312 e. The van der Waals surface area contributed by atoms with E-state index in [1.807, 2.05) is 6.92 Å². The summed E-state index contributed by atoms with van der Waals surface area (Å²) in [4.78, 5) is 2.16. The van der Waals surface area contributed by atoms with Crippen molar-refractivity contribution in [2.24, 2.45) is 0 Å². The monoisotopic (exact) mass is 142 g/mol. The van der Waals surface area contributed by atoms with Crippen molar-refractivity contribution in [1.29, 1.82) is 0 Å². The SMILES string of the molecule is C=C(C)CNCCN(C)C. The first kappa shape index (κ1) is 9.66. The van der Waals surface area contributed by atoms with E-state index in [1.165, 1.54) is 5.57 Å². The molecule has 0 aliphatic rings. The van der Waals surface area contributed by atoms with Crippen LogP contribution in [0, 0.1) is 0 Å². The molecule has 0 fully saturated rings. The van der Waals surface area contributed by atoms with Crippen LogP contribution >= 0.6 is 0 Å². The quantitative estimate of drug-likeness (QED) is 0.449. The average molecular weight is 142 g/mol.